The Hall–Kier alpha value is -3.35. The molecule has 0 atom stereocenters. The summed E-state index contributed by atoms with van der Waals surface area (Å²) in [5, 5.41) is 11.3. The fourth-order valence-electron chi connectivity index (χ4n) is 3.33. The average Bonchev–Trinajstić information content (AvgIpc) is 3.10. The summed E-state index contributed by atoms with van der Waals surface area (Å²) >= 11 is 0. The molecule has 0 saturated heterocycles. The van der Waals surface area contributed by atoms with Crippen molar-refractivity contribution in [1.82, 2.24) is 9.55 Å². The van der Waals surface area contributed by atoms with Crippen molar-refractivity contribution in [3.8, 4) is 0 Å². The number of fused-ring (bicyclic) bond motifs is 2. The minimum Gasteiger partial charge on any atom is -0.378 e. The Morgan fingerprint density at radius 3 is 2.34 bits per heavy atom. The van der Waals surface area contributed by atoms with Gasteiger partial charge in [-0.15, -0.1) is 0 Å². The Morgan fingerprint density at radius 1 is 1.16 bits per heavy atom. The molecule has 168 valence electrons. The first kappa shape index (κ1) is 23.3. The topological polar surface area (TPSA) is 171 Å². The van der Waals surface area contributed by atoms with Gasteiger partial charge in [0.2, 0.25) is 0 Å². The smallest absolute Gasteiger partial charge is 0.270 e. The lowest BCUT2D eigenvalue weighted by Crippen LogP contribution is -2.58. The van der Waals surface area contributed by atoms with Crippen LogP contribution in [0.5, 0.6) is 0 Å². The second kappa shape index (κ2) is 9.02. The molecule has 4 rings (SSSR count). The van der Waals surface area contributed by atoms with E-state index in [2.05, 4.69) is 4.98 Å². The van der Waals surface area contributed by atoms with Crippen molar-refractivity contribution >= 4 is 33.9 Å². The molecule has 12 heteroatoms. The molecule has 0 amide bonds. The fraction of sp³-hybridized carbons (Fsp3) is 0.200. The van der Waals surface area contributed by atoms with Gasteiger partial charge in [-0.05, 0) is 41.8 Å². The number of hydrogen-bond acceptors (Lipinski definition) is 9. The maximum Gasteiger partial charge on any atom is 0.270 e. The van der Waals surface area contributed by atoms with E-state index in [0.29, 0.717) is 24.3 Å². The van der Waals surface area contributed by atoms with E-state index in [1.165, 1.54) is 18.2 Å². The first-order valence-electron chi connectivity index (χ1n) is 9.24. The zero-order valence-electron chi connectivity index (χ0n) is 17.1. The Labute approximate surface area is 184 Å². The third kappa shape index (κ3) is 5.46. The van der Waals surface area contributed by atoms with Gasteiger partial charge in [-0.2, -0.15) is 14.0 Å². The van der Waals surface area contributed by atoms with Gasteiger partial charge < -0.3 is 4.90 Å². The number of anilines is 1. The van der Waals surface area contributed by atoms with Crippen LogP contribution < -0.4 is 24.4 Å². The average molecular weight is 463 g/mol. The molecule has 0 radical (unpaired) electrons. The number of nitrogens with zero attached hydrogens (tertiary/aromatic N) is 4. The minimum atomic E-state index is -4.69. The van der Waals surface area contributed by atoms with Gasteiger partial charge in [0.25, 0.3) is 11.2 Å². The first-order valence-corrected chi connectivity index (χ1v) is 10.5. The number of halogens is 1. The molecule has 0 saturated carbocycles. The predicted octanol–water partition coefficient (Wildman–Crippen LogP) is -0.809. The fourth-order valence-corrected chi connectivity index (χ4v) is 3.33. The molecule has 3 aromatic rings. The number of rotatable bonds is 3. The first-order chi connectivity index (χ1) is 14.9. The molecular formula is C20H19ClN4O7. The van der Waals surface area contributed by atoms with E-state index >= 15 is 0 Å². The number of nitro benzene ring substituents is 1. The van der Waals surface area contributed by atoms with Crippen LogP contribution in [0.25, 0.3) is 22.6 Å². The van der Waals surface area contributed by atoms with Gasteiger partial charge in [-0.25, -0.2) is 4.98 Å². The van der Waals surface area contributed by atoms with E-state index in [9.17, 15) is 14.9 Å². The Kier molecular flexibility index (Phi) is 6.57. The van der Waals surface area contributed by atoms with Crippen molar-refractivity contribution in [3.63, 3.8) is 0 Å². The Balaban J connectivity index is 0.000000523. The highest BCUT2D eigenvalue weighted by Crippen LogP contribution is 2.28. The van der Waals surface area contributed by atoms with Crippen molar-refractivity contribution in [3.05, 3.63) is 74.3 Å². The summed E-state index contributed by atoms with van der Waals surface area (Å²) in [5.74, 6) is 0.637. The Morgan fingerprint density at radius 2 is 1.78 bits per heavy atom. The molecule has 1 aromatic heterocycles. The van der Waals surface area contributed by atoms with Crippen LogP contribution in [-0.4, -0.2) is 33.2 Å². The number of benzene rings is 2. The molecule has 2 aromatic carbocycles. The normalized spacial score (nSPS) is 14.1. The van der Waals surface area contributed by atoms with Crippen LogP contribution in [0.2, 0.25) is 0 Å². The molecule has 0 fully saturated rings. The van der Waals surface area contributed by atoms with E-state index < -0.39 is 15.2 Å². The number of allylic oxidation sites excluding steroid dienone is 1. The molecule has 2 heterocycles. The monoisotopic (exact) mass is 462 g/mol. The van der Waals surface area contributed by atoms with Crippen molar-refractivity contribution in [1.29, 1.82) is 0 Å². The quantitative estimate of drug-likeness (QED) is 0.386. The van der Waals surface area contributed by atoms with Crippen LogP contribution in [0.4, 0.5) is 11.4 Å². The van der Waals surface area contributed by atoms with E-state index in [1.807, 2.05) is 49.3 Å². The number of nitro groups is 1. The summed E-state index contributed by atoms with van der Waals surface area (Å²) < 4.78 is 34.3. The van der Waals surface area contributed by atoms with Gasteiger partial charge in [0, 0.05) is 38.5 Å². The molecule has 1 N–H and O–H groups in total. The second-order valence-corrected chi connectivity index (χ2v) is 7.94. The van der Waals surface area contributed by atoms with Gasteiger partial charge in [-0.3, -0.25) is 19.5 Å². The summed E-state index contributed by atoms with van der Waals surface area (Å²) in [7, 11) is -0.709. The summed E-state index contributed by atoms with van der Waals surface area (Å²) in [6, 6.07) is 12.4. The van der Waals surface area contributed by atoms with E-state index in [1.54, 1.807) is 4.57 Å². The van der Waals surface area contributed by atoms with Gasteiger partial charge in [-0.1, -0.05) is 12.1 Å². The van der Waals surface area contributed by atoms with Crippen LogP contribution in [-0.2, 0) is 6.54 Å². The molecule has 1 aliphatic rings. The summed E-state index contributed by atoms with van der Waals surface area (Å²) in [6.45, 7) is 0.529. The number of aromatic nitrogens is 2. The maximum absolute atomic E-state index is 12.8. The summed E-state index contributed by atoms with van der Waals surface area (Å²) in [4.78, 5) is 29.9. The van der Waals surface area contributed by atoms with Gasteiger partial charge in [0.1, 0.15) is 5.82 Å². The van der Waals surface area contributed by atoms with Crippen LogP contribution in [0.15, 0.2) is 47.3 Å². The second-order valence-electron chi connectivity index (χ2n) is 7.15. The zero-order chi connectivity index (χ0) is 23.6. The maximum atomic E-state index is 12.8. The predicted molar refractivity (Wildman–Crippen MR) is 108 cm³/mol. The van der Waals surface area contributed by atoms with Gasteiger partial charge in [0.15, 0.2) is 0 Å². The molecule has 32 heavy (non-hydrogen) atoms. The highest BCUT2D eigenvalue weighted by Gasteiger charge is 2.22. The van der Waals surface area contributed by atoms with Gasteiger partial charge in [0.05, 0.1) is 30.7 Å². The summed E-state index contributed by atoms with van der Waals surface area (Å²) in [5.41, 5.74) is 3.30. The van der Waals surface area contributed by atoms with Crippen molar-refractivity contribution in [2.75, 3.05) is 19.0 Å². The third-order valence-corrected chi connectivity index (χ3v) is 4.79. The molecule has 0 bridgehead atoms. The van der Waals surface area contributed by atoms with Crippen molar-refractivity contribution in [2.45, 2.75) is 13.0 Å². The standard InChI is InChI=1S/C20H18N4O3.ClHO4/c1-22(2)15-5-3-13(4-6-15)11-14-9-10-23-19(14)21-18-8-7-16(24(26)27)12-17(18)20(23)25;2-1(3,4)5/h3-8,11-12H,9-10H2,1-2H3;(H,2,3,4,5)/b14-11+;. The van der Waals surface area contributed by atoms with E-state index in [0.717, 1.165) is 16.8 Å². The lowest BCUT2D eigenvalue weighted by atomic mass is 10.1. The number of hydrogen-bond donors (Lipinski definition) is 1. The molecule has 1 aliphatic heterocycles. The van der Waals surface area contributed by atoms with Crippen LogP contribution in [0.3, 0.4) is 0 Å². The van der Waals surface area contributed by atoms with Crippen LogP contribution in [0.1, 0.15) is 17.8 Å². The molecule has 0 unspecified atom stereocenters. The van der Waals surface area contributed by atoms with Crippen LogP contribution >= 0.6 is 0 Å². The lowest BCUT2D eigenvalue weighted by molar-refractivity contribution is -1.92. The Bertz CT molecular complexity index is 1240. The minimum absolute atomic E-state index is 0.100. The SMILES string of the molecule is CN(C)c1ccc(/C=C2\CCn3c2nc2ccc([N+](=O)[O-])cc2c3=O)cc1.[O-][Cl+3]([O-])([O-])O. The number of non-ortho nitro benzene ring substituents is 1. The lowest BCUT2D eigenvalue weighted by Gasteiger charge is -2.12. The third-order valence-electron chi connectivity index (χ3n) is 4.79. The summed E-state index contributed by atoms with van der Waals surface area (Å²) in [6.07, 6.45) is 2.75. The van der Waals surface area contributed by atoms with E-state index in [-0.39, 0.29) is 16.6 Å². The molecule has 0 aliphatic carbocycles. The molecular weight excluding hydrogens is 444 g/mol. The van der Waals surface area contributed by atoms with Crippen molar-refractivity contribution in [2.24, 2.45) is 0 Å². The molecule has 0 spiro atoms. The van der Waals surface area contributed by atoms with E-state index in [4.69, 9.17) is 18.6 Å². The van der Waals surface area contributed by atoms with Gasteiger partial charge >= 0.3 is 0 Å². The highest BCUT2D eigenvalue weighted by molar-refractivity contribution is 5.85. The largest absolute Gasteiger partial charge is 0.378 e. The highest BCUT2D eigenvalue weighted by atomic mass is 35.7. The molecule has 11 nitrogen and oxygen atoms in total. The van der Waals surface area contributed by atoms with Crippen molar-refractivity contribution < 1.29 is 33.8 Å². The van der Waals surface area contributed by atoms with Crippen LogP contribution in [0, 0.1) is 20.4 Å². The zero-order valence-corrected chi connectivity index (χ0v) is 17.9.